The second-order valence-corrected chi connectivity index (χ2v) is 4.41. The topological polar surface area (TPSA) is 46.5 Å². The molecule has 2 aromatic rings. The van der Waals surface area contributed by atoms with E-state index >= 15 is 0 Å². The Morgan fingerprint density at radius 1 is 1.11 bits per heavy atom. The van der Waals surface area contributed by atoms with E-state index in [2.05, 4.69) is 0 Å². The standard InChI is InChI=1S/C16H16O3/c1-11-7-9-12(10-8-11)13-5-3-4-6-14(13)15(19-2)16(17)18/h3-10,15H,1-2H3,(H,17,18). The van der Waals surface area contributed by atoms with Crippen molar-refractivity contribution in [3.63, 3.8) is 0 Å². The van der Waals surface area contributed by atoms with Crippen molar-refractivity contribution in [1.29, 1.82) is 0 Å². The third kappa shape index (κ3) is 2.83. The summed E-state index contributed by atoms with van der Waals surface area (Å²) in [5.74, 6) is -0.984. The minimum absolute atomic E-state index is 0.668. The maximum atomic E-state index is 11.2. The fourth-order valence-electron chi connectivity index (χ4n) is 2.08. The van der Waals surface area contributed by atoms with Crippen molar-refractivity contribution in [2.75, 3.05) is 7.11 Å². The van der Waals surface area contributed by atoms with E-state index in [1.54, 1.807) is 6.07 Å². The molecule has 0 spiro atoms. The molecule has 19 heavy (non-hydrogen) atoms. The minimum atomic E-state index is -0.984. The van der Waals surface area contributed by atoms with Crippen LogP contribution in [0.15, 0.2) is 48.5 Å². The van der Waals surface area contributed by atoms with Gasteiger partial charge in [-0.1, -0.05) is 54.1 Å². The van der Waals surface area contributed by atoms with Crippen molar-refractivity contribution < 1.29 is 14.6 Å². The van der Waals surface area contributed by atoms with E-state index in [1.165, 1.54) is 12.7 Å². The minimum Gasteiger partial charge on any atom is -0.479 e. The molecule has 0 saturated carbocycles. The Balaban J connectivity index is 2.52. The van der Waals surface area contributed by atoms with Gasteiger partial charge in [-0.05, 0) is 23.6 Å². The molecule has 0 bridgehead atoms. The largest absolute Gasteiger partial charge is 0.479 e. The van der Waals surface area contributed by atoms with E-state index in [4.69, 9.17) is 4.74 Å². The fourth-order valence-corrected chi connectivity index (χ4v) is 2.08. The first-order valence-corrected chi connectivity index (χ1v) is 6.05. The molecule has 2 aromatic carbocycles. The molecule has 1 N–H and O–H groups in total. The van der Waals surface area contributed by atoms with E-state index in [-0.39, 0.29) is 0 Å². The van der Waals surface area contributed by atoms with E-state index in [1.807, 2.05) is 49.4 Å². The lowest BCUT2D eigenvalue weighted by Gasteiger charge is -2.15. The third-order valence-corrected chi connectivity index (χ3v) is 3.07. The molecule has 0 aliphatic rings. The molecule has 0 heterocycles. The number of hydrogen-bond donors (Lipinski definition) is 1. The van der Waals surface area contributed by atoms with Crippen molar-refractivity contribution in [1.82, 2.24) is 0 Å². The van der Waals surface area contributed by atoms with Crippen LogP contribution in [0, 0.1) is 6.92 Å². The van der Waals surface area contributed by atoms with E-state index in [0.717, 1.165) is 11.1 Å². The Morgan fingerprint density at radius 3 is 2.32 bits per heavy atom. The van der Waals surface area contributed by atoms with Gasteiger partial charge < -0.3 is 9.84 Å². The maximum Gasteiger partial charge on any atom is 0.337 e. The van der Waals surface area contributed by atoms with Gasteiger partial charge in [0.15, 0.2) is 6.10 Å². The monoisotopic (exact) mass is 256 g/mol. The summed E-state index contributed by atoms with van der Waals surface area (Å²) < 4.78 is 5.08. The first-order valence-electron chi connectivity index (χ1n) is 6.05. The number of carbonyl (C=O) groups is 1. The van der Waals surface area contributed by atoms with Crippen LogP contribution < -0.4 is 0 Å². The summed E-state index contributed by atoms with van der Waals surface area (Å²) in [5, 5.41) is 9.22. The lowest BCUT2D eigenvalue weighted by molar-refractivity contribution is -0.148. The van der Waals surface area contributed by atoms with Gasteiger partial charge in [-0.3, -0.25) is 0 Å². The molecular formula is C16H16O3. The van der Waals surface area contributed by atoms with Crippen LogP contribution in [0.2, 0.25) is 0 Å². The number of carboxylic acids is 1. The Bertz CT molecular complexity index is 573. The summed E-state index contributed by atoms with van der Waals surface area (Å²) in [6.07, 6.45) is -0.947. The molecule has 0 fully saturated rings. The molecule has 0 aromatic heterocycles. The van der Waals surface area contributed by atoms with Crippen molar-refractivity contribution >= 4 is 5.97 Å². The maximum absolute atomic E-state index is 11.2. The van der Waals surface area contributed by atoms with Crippen LogP contribution in [0.25, 0.3) is 11.1 Å². The molecule has 3 heteroatoms. The molecule has 1 unspecified atom stereocenters. The SMILES string of the molecule is COC(C(=O)O)c1ccccc1-c1ccc(C)cc1. The van der Waals surface area contributed by atoms with Gasteiger partial charge in [0.05, 0.1) is 0 Å². The summed E-state index contributed by atoms with van der Waals surface area (Å²) in [4.78, 5) is 11.2. The first kappa shape index (κ1) is 13.3. The molecule has 2 rings (SSSR count). The van der Waals surface area contributed by atoms with Gasteiger partial charge in [0.25, 0.3) is 0 Å². The van der Waals surface area contributed by atoms with Gasteiger partial charge in [-0.2, -0.15) is 0 Å². The molecule has 0 saturated heterocycles. The van der Waals surface area contributed by atoms with Crippen LogP contribution in [0.1, 0.15) is 17.2 Å². The van der Waals surface area contributed by atoms with E-state index in [0.29, 0.717) is 5.56 Å². The van der Waals surface area contributed by atoms with Gasteiger partial charge in [0, 0.05) is 7.11 Å². The first-order chi connectivity index (χ1) is 9.13. The number of rotatable bonds is 4. The number of methoxy groups -OCH3 is 1. The predicted molar refractivity (Wildman–Crippen MR) is 74.0 cm³/mol. The molecule has 3 nitrogen and oxygen atoms in total. The highest BCUT2D eigenvalue weighted by atomic mass is 16.5. The summed E-state index contributed by atoms with van der Waals surface area (Å²) in [7, 11) is 1.41. The van der Waals surface area contributed by atoms with Gasteiger partial charge in [-0.15, -0.1) is 0 Å². The summed E-state index contributed by atoms with van der Waals surface area (Å²) in [6, 6.07) is 15.4. The number of benzene rings is 2. The number of ether oxygens (including phenoxy) is 1. The molecule has 0 amide bonds. The van der Waals surface area contributed by atoms with Crippen molar-refractivity contribution in [3.8, 4) is 11.1 Å². The Kier molecular flexibility index (Phi) is 3.97. The molecule has 1 atom stereocenters. The fraction of sp³-hybridized carbons (Fsp3) is 0.188. The number of aryl methyl sites for hydroxylation is 1. The van der Waals surface area contributed by atoms with Gasteiger partial charge in [0.2, 0.25) is 0 Å². The van der Waals surface area contributed by atoms with E-state index < -0.39 is 12.1 Å². The zero-order valence-electron chi connectivity index (χ0n) is 11.0. The smallest absolute Gasteiger partial charge is 0.337 e. The predicted octanol–water partition coefficient (Wildman–Crippen LogP) is 3.43. The second kappa shape index (κ2) is 5.67. The number of carboxylic acid groups (broad SMARTS) is 1. The lowest BCUT2D eigenvalue weighted by Crippen LogP contribution is -2.14. The highest BCUT2D eigenvalue weighted by Crippen LogP contribution is 2.30. The van der Waals surface area contributed by atoms with Crippen LogP contribution in [0.3, 0.4) is 0 Å². The van der Waals surface area contributed by atoms with E-state index in [9.17, 15) is 9.90 Å². The Hall–Kier alpha value is -2.13. The third-order valence-electron chi connectivity index (χ3n) is 3.07. The quantitative estimate of drug-likeness (QED) is 0.911. The molecule has 0 aliphatic heterocycles. The summed E-state index contributed by atoms with van der Waals surface area (Å²) >= 11 is 0. The number of hydrogen-bond acceptors (Lipinski definition) is 2. The van der Waals surface area contributed by atoms with Crippen molar-refractivity contribution in [2.45, 2.75) is 13.0 Å². The molecule has 0 aliphatic carbocycles. The highest BCUT2D eigenvalue weighted by Gasteiger charge is 2.22. The van der Waals surface area contributed by atoms with Crippen LogP contribution in [-0.4, -0.2) is 18.2 Å². The molecule has 98 valence electrons. The second-order valence-electron chi connectivity index (χ2n) is 4.41. The highest BCUT2D eigenvalue weighted by molar-refractivity contribution is 5.79. The zero-order chi connectivity index (χ0) is 13.8. The van der Waals surface area contributed by atoms with Crippen LogP contribution in [0.4, 0.5) is 0 Å². The number of aliphatic carboxylic acids is 1. The van der Waals surface area contributed by atoms with Crippen LogP contribution >= 0.6 is 0 Å². The Morgan fingerprint density at radius 2 is 1.74 bits per heavy atom. The lowest BCUT2D eigenvalue weighted by atomic mass is 9.95. The van der Waals surface area contributed by atoms with Crippen LogP contribution in [-0.2, 0) is 9.53 Å². The van der Waals surface area contributed by atoms with Gasteiger partial charge in [-0.25, -0.2) is 4.79 Å². The zero-order valence-corrected chi connectivity index (χ0v) is 11.0. The summed E-state index contributed by atoms with van der Waals surface area (Å²) in [5.41, 5.74) is 3.71. The van der Waals surface area contributed by atoms with Crippen molar-refractivity contribution in [2.24, 2.45) is 0 Å². The van der Waals surface area contributed by atoms with Crippen molar-refractivity contribution in [3.05, 3.63) is 59.7 Å². The Labute approximate surface area is 112 Å². The molecule has 0 radical (unpaired) electrons. The normalized spacial score (nSPS) is 12.1. The average molecular weight is 256 g/mol. The van der Waals surface area contributed by atoms with Crippen LogP contribution in [0.5, 0.6) is 0 Å². The van der Waals surface area contributed by atoms with Gasteiger partial charge in [0.1, 0.15) is 0 Å². The molecular weight excluding hydrogens is 240 g/mol. The van der Waals surface area contributed by atoms with Gasteiger partial charge >= 0.3 is 5.97 Å². The average Bonchev–Trinajstić information content (AvgIpc) is 2.41. The summed E-state index contributed by atoms with van der Waals surface area (Å²) in [6.45, 7) is 2.02.